The van der Waals surface area contributed by atoms with Crippen molar-refractivity contribution in [3.63, 3.8) is 0 Å². The Bertz CT molecular complexity index is 551. The topological polar surface area (TPSA) is 107 Å². The zero-order valence-corrected chi connectivity index (χ0v) is 11.7. The minimum absolute atomic E-state index is 0.0428. The molecule has 2 N–H and O–H groups in total. The molecule has 9 nitrogen and oxygen atoms in total. The van der Waals surface area contributed by atoms with E-state index in [-0.39, 0.29) is 18.0 Å². The first kappa shape index (κ1) is 14.0. The van der Waals surface area contributed by atoms with Crippen molar-refractivity contribution in [3.05, 3.63) is 12.0 Å². The largest absolute Gasteiger partial charge is 0.481 e. The molecule has 0 spiro atoms. The lowest BCUT2D eigenvalue weighted by Gasteiger charge is -2.06. The summed E-state index contributed by atoms with van der Waals surface area (Å²) in [5.74, 6) is 1.43. The number of methoxy groups -OCH3 is 2. The summed E-state index contributed by atoms with van der Waals surface area (Å²) in [6, 6.07) is 1.71. The van der Waals surface area contributed by atoms with Gasteiger partial charge in [-0.25, -0.2) is 0 Å². The van der Waals surface area contributed by atoms with E-state index in [0.717, 1.165) is 0 Å². The van der Waals surface area contributed by atoms with Crippen LogP contribution in [0.15, 0.2) is 10.5 Å². The van der Waals surface area contributed by atoms with Crippen molar-refractivity contribution in [2.45, 2.75) is 13.0 Å². The van der Waals surface area contributed by atoms with Crippen molar-refractivity contribution >= 4 is 12.0 Å². The van der Waals surface area contributed by atoms with E-state index in [1.807, 2.05) is 6.92 Å². The van der Waals surface area contributed by atoms with Gasteiger partial charge in [-0.05, 0) is 14.0 Å². The molecule has 2 aromatic rings. The molecule has 20 heavy (non-hydrogen) atoms. The predicted octanol–water partition coefficient (Wildman–Crippen LogP) is 0.901. The fraction of sp³-hybridized carbons (Fsp3) is 0.455. The number of nitrogens with one attached hydrogen (secondary N) is 2. The summed E-state index contributed by atoms with van der Waals surface area (Å²) >= 11 is 0. The highest BCUT2D eigenvalue weighted by atomic mass is 16.5. The normalized spacial score (nSPS) is 12.0. The predicted molar refractivity (Wildman–Crippen MR) is 70.2 cm³/mol. The summed E-state index contributed by atoms with van der Waals surface area (Å²) in [4.78, 5) is 8.20. The van der Waals surface area contributed by atoms with Gasteiger partial charge < -0.3 is 19.2 Å². The first-order valence-corrected chi connectivity index (χ1v) is 5.91. The summed E-state index contributed by atoms with van der Waals surface area (Å²) in [6.45, 7) is 1.91. The van der Waals surface area contributed by atoms with Crippen LogP contribution in [0.5, 0.6) is 11.8 Å². The molecule has 0 saturated heterocycles. The Balaban J connectivity index is 2.18. The number of nitrogens with zero attached hydrogens (tertiary/aromatic N) is 4. The zero-order valence-electron chi connectivity index (χ0n) is 11.7. The molecule has 0 saturated carbocycles. The highest BCUT2D eigenvalue weighted by Gasteiger charge is 2.13. The molecule has 0 bridgehead atoms. The maximum absolute atomic E-state index is 5.43. The van der Waals surface area contributed by atoms with Crippen LogP contribution in [0.2, 0.25) is 0 Å². The lowest BCUT2D eigenvalue weighted by atomic mass is 10.3. The fourth-order valence-corrected chi connectivity index (χ4v) is 1.35. The first-order valence-electron chi connectivity index (χ1n) is 5.91. The Kier molecular flexibility index (Phi) is 4.31. The molecule has 0 radical (unpaired) electrons. The van der Waals surface area contributed by atoms with Gasteiger partial charge in [0.1, 0.15) is 0 Å². The van der Waals surface area contributed by atoms with Crippen molar-refractivity contribution in [1.82, 2.24) is 25.5 Å². The molecule has 0 aliphatic heterocycles. The average molecular weight is 280 g/mol. The third-order valence-corrected chi connectivity index (χ3v) is 2.56. The van der Waals surface area contributed by atoms with Crippen LogP contribution in [-0.4, -0.2) is 41.4 Å². The number of ether oxygens (including phenoxy) is 2. The third-order valence-electron chi connectivity index (χ3n) is 2.56. The second-order valence-corrected chi connectivity index (χ2v) is 3.86. The number of aromatic nitrogens is 4. The van der Waals surface area contributed by atoms with E-state index >= 15 is 0 Å². The Morgan fingerprint density at radius 1 is 1.15 bits per heavy atom. The zero-order chi connectivity index (χ0) is 14.5. The van der Waals surface area contributed by atoms with E-state index in [2.05, 4.69) is 30.8 Å². The van der Waals surface area contributed by atoms with Crippen molar-refractivity contribution in [1.29, 1.82) is 0 Å². The van der Waals surface area contributed by atoms with Crippen LogP contribution in [0.25, 0.3) is 0 Å². The average Bonchev–Trinajstić information content (AvgIpc) is 2.94. The highest BCUT2D eigenvalue weighted by molar-refractivity contribution is 5.42. The van der Waals surface area contributed by atoms with Gasteiger partial charge in [0, 0.05) is 0 Å². The molecule has 0 aliphatic rings. The Labute approximate surface area is 115 Å². The number of hydrogen-bond donors (Lipinski definition) is 2. The van der Waals surface area contributed by atoms with Crippen molar-refractivity contribution < 1.29 is 13.9 Å². The van der Waals surface area contributed by atoms with Gasteiger partial charge >= 0.3 is 6.01 Å². The molecule has 0 aromatic carbocycles. The molecular formula is C11H16N6O3. The summed E-state index contributed by atoms with van der Waals surface area (Å²) in [5, 5.41) is 13.6. The van der Waals surface area contributed by atoms with Crippen LogP contribution < -0.4 is 20.1 Å². The maximum Gasteiger partial charge on any atom is 0.322 e. The fourth-order valence-electron chi connectivity index (χ4n) is 1.35. The van der Waals surface area contributed by atoms with E-state index in [1.165, 1.54) is 14.2 Å². The van der Waals surface area contributed by atoms with Crippen molar-refractivity contribution in [2.75, 3.05) is 26.6 Å². The first-order chi connectivity index (χ1) is 9.66. The minimum atomic E-state index is -0.0428. The van der Waals surface area contributed by atoms with E-state index in [9.17, 15) is 0 Å². The van der Waals surface area contributed by atoms with Gasteiger partial charge in [-0.2, -0.15) is 9.97 Å². The van der Waals surface area contributed by atoms with Crippen LogP contribution in [-0.2, 0) is 0 Å². The molecule has 2 heterocycles. The molecule has 0 amide bonds. The van der Waals surface area contributed by atoms with Gasteiger partial charge in [-0.1, -0.05) is 5.10 Å². The lowest BCUT2D eigenvalue weighted by molar-refractivity contribution is 0.373. The number of hydrogen-bond acceptors (Lipinski definition) is 9. The van der Waals surface area contributed by atoms with E-state index in [4.69, 9.17) is 13.9 Å². The van der Waals surface area contributed by atoms with Crippen LogP contribution >= 0.6 is 0 Å². The summed E-state index contributed by atoms with van der Waals surface area (Å²) in [7, 11) is 4.81. The quantitative estimate of drug-likeness (QED) is 0.797. The monoisotopic (exact) mass is 280 g/mol. The second-order valence-electron chi connectivity index (χ2n) is 3.86. The van der Waals surface area contributed by atoms with Gasteiger partial charge in [0.15, 0.2) is 0 Å². The van der Waals surface area contributed by atoms with Crippen LogP contribution in [0, 0.1) is 0 Å². The smallest absolute Gasteiger partial charge is 0.322 e. The van der Waals surface area contributed by atoms with Gasteiger partial charge in [0.2, 0.25) is 23.6 Å². The maximum atomic E-state index is 5.43. The molecule has 9 heteroatoms. The SMILES string of the molecule is CNC(C)c1nnc(Nc2nc(OC)cc(OC)n2)o1. The van der Waals surface area contributed by atoms with Crippen molar-refractivity contribution in [3.8, 4) is 11.8 Å². The number of rotatable bonds is 6. The Hall–Kier alpha value is -2.42. The Morgan fingerprint density at radius 2 is 1.80 bits per heavy atom. The van der Waals surface area contributed by atoms with Crippen LogP contribution in [0.1, 0.15) is 18.9 Å². The highest BCUT2D eigenvalue weighted by Crippen LogP contribution is 2.20. The molecular weight excluding hydrogens is 264 g/mol. The van der Waals surface area contributed by atoms with Gasteiger partial charge in [-0.15, -0.1) is 5.10 Å². The summed E-state index contributed by atoms with van der Waals surface area (Å²) < 4.78 is 15.5. The Morgan fingerprint density at radius 3 is 2.35 bits per heavy atom. The lowest BCUT2D eigenvalue weighted by Crippen LogP contribution is -2.12. The van der Waals surface area contributed by atoms with E-state index in [0.29, 0.717) is 17.7 Å². The summed E-state index contributed by atoms with van der Waals surface area (Å²) in [5.41, 5.74) is 0. The molecule has 1 unspecified atom stereocenters. The third kappa shape index (κ3) is 3.12. The van der Waals surface area contributed by atoms with Crippen molar-refractivity contribution in [2.24, 2.45) is 0 Å². The molecule has 1 atom stereocenters. The van der Waals surface area contributed by atoms with Gasteiger partial charge in [0.05, 0.1) is 26.3 Å². The second kappa shape index (κ2) is 6.15. The molecule has 0 fully saturated rings. The van der Waals surface area contributed by atoms with Gasteiger partial charge in [-0.3, -0.25) is 5.32 Å². The minimum Gasteiger partial charge on any atom is -0.481 e. The van der Waals surface area contributed by atoms with E-state index < -0.39 is 0 Å². The standard InChI is InChI=1S/C11H16N6O3/c1-6(12-2)9-16-17-11(20-9)15-10-13-7(18-3)5-8(14-10)19-4/h5-6,12H,1-4H3,(H,13,14,15,17). The molecule has 0 aliphatic carbocycles. The molecule has 2 rings (SSSR count). The molecule has 2 aromatic heterocycles. The molecule has 108 valence electrons. The number of anilines is 2. The van der Waals surface area contributed by atoms with Crippen LogP contribution in [0.3, 0.4) is 0 Å². The van der Waals surface area contributed by atoms with Crippen LogP contribution in [0.4, 0.5) is 12.0 Å². The summed E-state index contributed by atoms with van der Waals surface area (Å²) in [6.07, 6.45) is 0. The van der Waals surface area contributed by atoms with E-state index in [1.54, 1.807) is 13.1 Å². The van der Waals surface area contributed by atoms with Gasteiger partial charge in [0.25, 0.3) is 0 Å².